The van der Waals surface area contributed by atoms with Crippen LogP contribution in [0, 0.1) is 0 Å². The van der Waals surface area contributed by atoms with Gasteiger partial charge in [-0.15, -0.1) is 0 Å². The minimum absolute atomic E-state index is 0.229. The summed E-state index contributed by atoms with van der Waals surface area (Å²) in [6, 6.07) is 7.82. The van der Waals surface area contributed by atoms with Gasteiger partial charge in [-0.25, -0.2) is 0 Å². The van der Waals surface area contributed by atoms with E-state index in [1.807, 2.05) is 42.2 Å². The Bertz CT molecular complexity index is 434. The Labute approximate surface area is 102 Å². The van der Waals surface area contributed by atoms with E-state index in [-0.39, 0.29) is 5.91 Å². The van der Waals surface area contributed by atoms with E-state index in [1.54, 1.807) is 7.11 Å². The lowest BCUT2D eigenvalue weighted by Gasteiger charge is -2.16. The van der Waals surface area contributed by atoms with Crippen molar-refractivity contribution < 1.29 is 9.53 Å². The second kappa shape index (κ2) is 5.04. The van der Waals surface area contributed by atoms with Gasteiger partial charge in [0.05, 0.1) is 7.11 Å². The van der Waals surface area contributed by atoms with Gasteiger partial charge in [0.2, 0.25) is 5.91 Å². The zero-order chi connectivity index (χ0) is 12.3. The van der Waals surface area contributed by atoms with Crippen molar-refractivity contribution in [1.29, 1.82) is 0 Å². The summed E-state index contributed by atoms with van der Waals surface area (Å²) in [4.78, 5) is 13.4. The average molecular weight is 231 g/mol. The van der Waals surface area contributed by atoms with Gasteiger partial charge in [0.15, 0.2) is 0 Å². The summed E-state index contributed by atoms with van der Waals surface area (Å²) in [5, 5.41) is 0. The lowest BCUT2D eigenvalue weighted by molar-refractivity contribution is -0.125. The third-order valence-corrected chi connectivity index (χ3v) is 2.99. The van der Waals surface area contributed by atoms with Crippen LogP contribution in [-0.4, -0.2) is 24.5 Å². The Morgan fingerprint density at radius 1 is 1.35 bits per heavy atom. The van der Waals surface area contributed by atoms with E-state index in [2.05, 4.69) is 0 Å². The first-order valence-electron chi connectivity index (χ1n) is 5.83. The van der Waals surface area contributed by atoms with Crippen molar-refractivity contribution in [2.75, 3.05) is 13.7 Å². The van der Waals surface area contributed by atoms with E-state index in [0.717, 1.165) is 30.0 Å². The molecule has 2 rings (SSSR count). The number of methoxy groups -OCH3 is 1. The molecule has 1 aromatic carbocycles. The number of carbonyl (C=O) groups is 1. The number of hydrogen-bond donors (Lipinski definition) is 0. The van der Waals surface area contributed by atoms with Gasteiger partial charge in [-0.1, -0.05) is 12.1 Å². The van der Waals surface area contributed by atoms with Crippen LogP contribution in [0.25, 0.3) is 6.08 Å². The summed E-state index contributed by atoms with van der Waals surface area (Å²) in [5.74, 6) is 1.07. The van der Waals surface area contributed by atoms with Gasteiger partial charge in [0.1, 0.15) is 5.75 Å². The fraction of sp³-hybridized carbons (Fsp3) is 0.357. The molecule has 1 aliphatic heterocycles. The molecule has 1 saturated heterocycles. The van der Waals surface area contributed by atoms with Gasteiger partial charge < -0.3 is 9.64 Å². The summed E-state index contributed by atoms with van der Waals surface area (Å²) >= 11 is 0. The second-order valence-electron chi connectivity index (χ2n) is 4.21. The highest BCUT2D eigenvalue weighted by Gasteiger charge is 2.20. The molecule has 3 heteroatoms. The number of rotatable bonds is 3. The van der Waals surface area contributed by atoms with Gasteiger partial charge in [-0.2, -0.15) is 0 Å². The van der Waals surface area contributed by atoms with E-state index in [4.69, 9.17) is 4.74 Å². The van der Waals surface area contributed by atoms with Crippen molar-refractivity contribution in [3.05, 3.63) is 35.5 Å². The number of allylic oxidation sites excluding steroid dienone is 1. The standard InChI is InChI=1S/C14H17NO2/c1-11(15-9-3-4-14(15)16)10-12-5-7-13(17-2)8-6-12/h5-8,10H,3-4,9H2,1-2H3/b11-10-. The molecule has 0 aromatic heterocycles. The molecule has 0 spiro atoms. The molecule has 0 radical (unpaired) electrons. The number of ether oxygens (including phenoxy) is 1. The monoisotopic (exact) mass is 231 g/mol. The molecule has 1 heterocycles. The highest BCUT2D eigenvalue weighted by molar-refractivity contribution is 5.81. The lowest BCUT2D eigenvalue weighted by atomic mass is 10.2. The molecular formula is C14H17NO2. The van der Waals surface area contributed by atoms with E-state index >= 15 is 0 Å². The van der Waals surface area contributed by atoms with Crippen molar-refractivity contribution in [1.82, 2.24) is 4.90 Å². The molecule has 0 unspecified atom stereocenters. The Hall–Kier alpha value is -1.77. The molecule has 1 aromatic rings. The molecular weight excluding hydrogens is 214 g/mol. The maximum absolute atomic E-state index is 11.6. The summed E-state index contributed by atoms with van der Waals surface area (Å²) in [6.45, 7) is 2.82. The fourth-order valence-electron chi connectivity index (χ4n) is 2.04. The normalized spacial score (nSPS) is 16.5. The topological polar surface area (TPSA) is 29.5 Å². The maximum atomic E-state index is 11.6. The minimum atomic E-state index is 0.229. The maximum Gasteiger partial charge on any atom is 0.226 e. The van der Waals surface area contributed by atoms with Crippen LogP contribution in [0.2, 0.25) is 0 Å². The number of benzene rings is 1. The van der Waals surface area contributed by atoms with Crippen LogP contribution in [0.3, 0.4) is 0 Å². The van der Waals surface area contributed by atoms with Gasteiger partial charge in [0, 0.05) is 18.7 Å². The highest BCUT2D eigenvalue weighted by Crippen LogP contribution is 2.19. The van der Waals surface area contributed by atoms with E-state index in [0.29, 0.717) is 6.42 Å². The SMILES string of the molecule is COc1ccc(/C=C(/C)N2CCCC2=O)cc1. The quantitative estimate of drug-likeness (QED) is 0.800. The number of amides is 1. The van der Waals surface area contributed by atoms with Crippen LogP contribution in [-0.2, 0) is 4.79 Å². The third kappa shape index (κ3) is 2.67. The molecule has 0 saturated carbocycles. The summed E-state index contributed by atoms with van der Waals surface area (Å²) in [6.07, 6.45) is 3.67. The molecule has 0 aliphatic carbocycles. The third-order valence-electron chi connectivity index (χ3n) is 2.99. The molecule has 0 N–H and O–H groups in total. The van der Waals surface area contributed by atoms with Crippen LogP contribution >= 0.6 is 0 Å². The fourth-order valence-corrected chi connectivity index (χ4v) is 2.04. The summed E-state index contributed by atoms with van der Waals surface area (Å²) in [5.41, 5.74) is 2.10. The van der Waals surface area contributed by atoms with Crippen LogP contribution in [0.15, 0.2) is 30.0 Å². The summed E-state index contributed by atoms with van der Waals surface area (Å²) < 4.78 is 5.11. The molecule has 1 aliphatic rings. The molecule has 90 valence electrons. The smallest absolute Gasteiger partial charge is 0.226 e. The van der Waals surface area contributed by atoms with E-state index in [1.165, 1.54) is 0 Å². The highest BCUT2D eigenvalue weighted by atomic mass is 16.5. The first-order chi connectivity index (χ1) is 8.20. The van der Waals surface area contributed by atoms with E-state index in [9.17, 15) is 4.79 Å². The van der Waals surface area contributed by atoms with Gasteiger partial charge in [-0.3, -0.25) is 4.79 Å². The van der Waals surface area contributed by atoms with Gasteiger partial charge >= 0.3 is 0 Å². The molecule has 1 amide bonds. The second-order valence-corrected chi connectivity index (χ2v) is 4.21. The average Bonchev–Trinajstić information content (AvgIpc) is 2.76. The van der Waals surface area contributed by atoms with E-state index < -0.39 is 0 Å². The van der Waals surface area contributed by atoms with Crippen molar-refractivity contribution in [3.8, 4) is 5.75 Å². The first-order valence-corrected chi connectivity index (χ1v) is 5.83. The van der Waals surface area contributed by atoms with Crippen LogP contribution < -0.4 is 4.74 Å². The van der Waals surface area contributed by atoms with Crippen molar-refractivity contribution in [2.24, 2.45) is 0 Å². The Balaban J connectivity index is 2.14. The summed E-state index contributed by atoms with van der Waals surface area (Å²) in [7, 11) is 1.65. The first kappa shape index (κ1) is 11.7. The van der Waals surface area contributed by atoms with Crippen molar-refractivity contribution in [3.63, 3.8) is 0 Å². The zero-order valence-corrected chi connectivity index (χ0v) is 10.3. The molecule has 1 fully saturated rings. The predicted molar refractivity (Wildman–Crippen MR) is 67.6 cm³/mol. The largest absolute Gasteiger partial charge is 0.497 e. The number of likely N-dealkylation sites (tertiary alicyclic amines) is 1. The molecule has 3 nitrogen and oxygen atoms in total. The Morgan fingerprint density at radius 3 is 2.59 bits per heavy atom. The zero-order valence-electron chi connectivity index (χ0n) is 10.3. The lowest BCUT2D eigenvalue weighted by Crippen LogP contribution is -2.22. The van der Waals surface area contributed by atoms with Gasteiger partial charge in [-0.05, 0) is 37.1 Å². The van der Waals surface area contributed by atoms with Crippen LogP contribution in [0.4, 0.5) is 0 Å². The van der Waals surface area contributed by atoms with Crippen molar-refractivity contribution >= 4 is 12.0 Å². The predicted octanol–water partition coefficient (Wildman–Crippen LogP) is 2.68. The molecule has 17 heavy (non-hydrogen) atoms. The van der Waals surface area contributed by atoms with Gasteiger partial charge in [0.25, 0.3) is 0 Å². The van der Waals surface area contributed by atoms with Crippen LogP contribution in [0.1, 0.15) is 25.3 Å². The molecule has 0 bridgehead atoms. The number of hydrogen-bond acceptors (Lipinski definition) is 2. The van der Waals surface area contributed by atoms with Crippen LogP contribution in [0.5, 0.6) is 5.75 Å². The minimum Gasteiger partial charge on any atom is -0.497 e. The van der Waals surface area contributed by atoms with Crippen molar-refractivity contribution in [2.45, 2.75) is 19.8 Å². The Morgan fingerprint density at radius 2 is 2.06 bits per heavy atom. The molecule has 0 atom stereocenters. The number of nitrogens with zero attached hydrogens (tertiary/aromatic N) is 1. The Kier molecular flexibility index (Phi) is 3.47. The number of carbonyl (C=O) groups excluding carboxylic acids is 1.